The molecule has 6 heteroatoms. The smallest absolute Gasteiger partial charge is 0.309 e. The van der Waals surface area contributed by atoms with Crippen molar-refractivity contribution in [2.75, 3.05) is 0 Å². The van der Waals surface area contributed by atoms with Crippen molar-refractivity contribution in [1.82, 2.24) is 15.5 Å². The average molecular weight is 289 g/mol. The Morgan fingerprint density at radius 1 is 1.24 bits per heavy atom. The minimum Gasteiger partial charge on any atom is -0.412 e. The van der Waals surface area contributed by atoms with Crippen LogP contribution in [0.3, 0.4) is 0 Å². The number of amides is 1. The van der Waals surface area contributed by atoms with Gasteiger partial charge in [0, 0.05) is 11.6 Å². The monoisotopic (exact) mass is 289 g/mol. The van der Waals surface area contributed by atoms with Gasteiger partial charge >= 0.3 is 11.8 Å². The van der Waals surface area contributed by atoms with Crippen molar-refractivity contribution in [3.05, 3.63) is 36.0 Å². The molecule has 5 nitrogen and oxygen atoms in total. The summed E-state index contributed by atoms with van der Waals surface area (Å²) in [5.41, 5.74) is 0.458. The van der Waals surface area contributed by atoms with E-state index in [9.17, 15) is 9.18 Å². The second kappa shape index (κ2) is 6.03. The molecule has 2 aromatic rings. The van der Waals surface area contributed by atoms with Gasteiger partial charge in [-0.25, -0.2) is 4.39 Å². The van der Waals surface area contributed by atoms with Crippen molar-refractivity contribution >= 4 is 5.91 Å². The molecule has 1 aromatic carbocycles. The second-order valence-corrected chi connectivity index (χ2v) is 5.23. The summed E-state index contributed by atoms with van der Waals surface area (Å²) in [7, 11) is 0. The number of carbonyl (C=O) groups excluding carboxylic acids is 1. The van der Waals surface area contributed by atoms with E-state index in [4.69, 9.17) is 4.42 Å². The summed E-state index contributed by atoms with van der Waals surface area (Å²) in [6, 6.07) is 6.00. The van der Waals surface area contributed by atoms with E-state index in [0.717, 1.165) is 25.7 Å². The minimum atomic E-state index is -0.390. The van der Waals surface area contributed by atoms with E-state index in [1.165, 1.54) is 18.6 Å². The van der Waals surface area contributed by atoms with E-state index >= 15 is 0 Å². The lowest BCUT2D eigenvalue weighted by Crippen LogP contribution is -2.36. The summed E-state index contributed by atoms with van der Waals surface area (Å²) in [5.74, 6) is -0.695. The van der Waals surface area contributed by atoms with Crippen LogP contribution in [0.1, 0.15) is 42.8 Å². The molecule has 0 unspecified atom stereocenters. The molecule has 110 valence electrons. The van der Waals surface area contributed by atoms with Crippen LogP contribution in [-0.2, 0) is 0 Å². The molecular formula is C15H16FN3O2. The maximum absolute atomic E-state index is 13.2. The molecule has 21 heavy (non-hydrogen) atoms. The molecule has 1 saturated carbocycles. The Morgan fingerprint density at radius 2 is 2.05 bits per heavy atom. The van der Waals surface area contributed by atoms with Crippen LogP contribution in [0.15, 0.2) is 28.7 Å². The van der Waals surface area contributed by atoms with Gasteiger partial charge in [0.2, 0.25) is 5.89 Å². The first-order valence-corrected chi connectivity index (χ1v) is 7.13. The Balaban J connectivity index is 1.70. The lowest BCUT2D eigenvalue weighted by molar-refractivity contribution is 0.0893. The highest BCUT2D eigenvalue weighted by Crippen LogP contribution is 2.20. The highest BCUT2D eigenvalue weighted by atomic mass is 19.1. The summed E-state index contributed by atoms with van der Waals surface area (Å²) < 4.78 is 18.5. The number of nitrogens with zero attached hydrogens (tertiary/aromatic N) is 2. The normalized spacial score (nSPS) is 15.9. The Bertz CT molecular complexity index is 635. The first kappa shape index (κ1) is 13.7. The molecule has 1 aliphatic carbocycles. The van der Waals surface area contributed by atoms with Crippen LogP contribution in [0.5, 0.6) is 0 Å². The van der Waals surface area contributed by atoms with Gasteiger partial charge in [0.1, 0.15) is 5.82 Å². The van der Waals surface area contributed by atoms with Gasteiger partial charge in [-0.1, -0.05) is 25.3 Å². The zero-order chi connectivity index (χ0) is 14.7. The fourth-order valence-corrected chi connectivity index (χ4v) is 2.55. The quantitative estimate of drug-likeness (QED) is 0.943. The molecule has 0 atom stereocenters. The van der Waals surface area contributed by atoms with Gasteiger partial charge in [0.25, 0.3) is 0 Å². The van der Waals surface area contributed by atoms with Gasteiger partial charge in [-0.15, -0.1) is 10.2 Å². The van der Waals surface area contributed by atoms with Crippen molar-refractivity contribution in [3.63, 3.8) is 0 Å². The zero-order valence-corrected chi connectivity index (χ0v) is 11.5. The van der Waals surface area contributed by atoms with E-state index in [1.54, 1.807) is 12.1 Å². The van der Waals surface area contributed by atoms with Gasteiger partial charge in [0.15, 0.2) is 0 Å². The van der Waals surface area contributed by atoms with Crippen LogP contribution < -0.4 is 5.32 Å². The Morgan fingerprint density at radius 3 is 2.81 bits per heavy atom. The third kappa shape index (κ3) is 3.26. The van der Waals surface area contributed by atoms with Crippen LogP contribution in [0.4, 0.5) is 4.39 Å². The maximum atomic E-state index is 13.2. The van der Waals surface area contributed by atoms with Gasteiger partial charge in [0.05, 0.1) is 0 Å². The van der Waals surface area contributed by atoms with Crippen molar-refractivity contribution in [2.24, 2.45) is 0 Å². The predicted octanol–water partition coefficient (Wildman–Crippen LogP) is 2.94. The van der Waals surface area contributed by atoms with Crippen molar-refractivity contribution < 1.29 is 13.6 Å². The zero-order valence-electron chi connectivity index (χ0n) is 11.5. The first-order chi connectivity index (χ1) is 10.2. The molecule has 3 rings (SSSR count). The molecule has 0 spiro atoms. The molecule has 0 aliphatic heterocycles. The number of hydrogen-bond donors (Lipinski definition) is 1. The highest BCUT2D eigenvalue weighted by Gasteiger charge is 2.21. The third-order valence-corrected chi connectivity index (χ3v) is 3.63. The molecule has 1 fully saturated rings. The molecule has 1 aromatic heterocycles. The van der Waals surface area contributed by atoms with E-state index in [-0.39, 0.29) is 29.5 Å². The number of nitrogens with one attached hydrogen (secondary N) is 1. The number of hydrogen-bond acceptors (Lipinski definition) is 4. The van der Waals surface area contributed by atoms with Crippen LogP contribution in [-0.4, -0.2) is 22.1 Å². The average Bonchev–Trinajstić information content (AvgIpc) is 2.98. The number of aromatic nitrogens is 2. The minimum absolute atomic E-state index is 0.0835. The number of benzene rings is 1. The van der Waals surface area contributed by atoms with Gasteiger partial charge in [-0.2, -0.15) is 0 Å². The number of rotatable bonds is 3. The fourth-order valence-electron chi connectivity index (χ4n) is 2.55. The van der Waals surface area contributed by atoms with Gasteiger partial charge in [-0.05, 0) is 31.0 Å². The topological polar surface area (TPSA) is 68.0 Å². The lowest BCUT2D eigenvalue weighted by Gasteiger charge is -2.21. The van der Waals surface area contributed by atoms with Crippen LogP contribution in [0.25, 0.3) is 11.5 Å². The first-order valence-electron chi connectivity index (χ1n) is 7.13. The standard InChI is InChI=1S/C15H16FN3O2/c16-11-6-4-5-10(9-11)14-18-19-15(21-14)13(20)17-12-7-2-1-3-8-12/h4-6,9,12H,1-3,7-8H2,(H,17,20). The molecule has 0 saturated heterocycles. The molecule has 1 aliphatic rings. The fraction of sp³-hybridized carbons (Fsp3) is 0.400. The van der Waals surface area contributed by atoms with Gasteiger partial charge in [-0.3, -0.25) is 4.79 Å². The maximum Gasteiger partial charge on any atom is 0.309 e. The van der Waals surface area contributed by atoms with Crippen molar-refractivity contribution in [3.8, 4) is 11.5 Å². The Labute approximate surface area is 121 Å². The van der Waals surface area contributed by atoms with Crippen molar-refractivity contribution in [2.45, 2.75) is 38.1 Å². The van der Waals surface area contributed by atoms with E-state index in [1.807, 2.05) is 0 Å². The highest BCUT2D eigenvalue weighted by molar-refractivity contribution is 5.89. The van der Waals surface area contributed by atoms with Crippen molar-refractivity contribution in [1.29, 1.82) is 0 Å². The summed E-state index contributed by atoms with van der Waals surface area (Å²) in [5, 5.41) is 10.4. The van der Waals surface area contributed by atoms with Crippen LogP contribution in [0, 0.1) is 5.82 Å². The van der Waals surface area contributed by atoms with Crippen LogP contribution >= 0.6 is 0 Å². The number of carbonyl (C=O) groups is 1. The number of halogens is 1. The summed E-state index contributed by atoms with van der Waals surface area (Å²) in [6.45, 7) is 0. The molecule has 1 heterocycles. The third-order valence-electron chi connectivity index (χ3n) is 3.63. The second-order valence-electron chi connectivity index (χ2n) is 5.23. The summed E-state index contributed by atoms with van der Waals surface area (Å²) in [6.07, 6.45) is 5.44. The summed E-state index contributed by atoms with van der Waals surface area (Å²) >= 11 is 0. The van der Waals surface area contributed by atoms with E-state index in [2.05, 4.69) is 15.5 Å². The van der Waals surface area contributed by atoms with Crippen LogP contribution in [0.2, 0.25) is 0 Å². The Hall–Kier alpha value is -2.24. The molecule has 0 bridgehead atoms. The molecule has 1 N–H and O–H groups in total. The predicted molar refractivity (Wildman–Crippen MR) is 74.0 cm³/mol. The summed E-state index contributed by atoms with van der Waals surface area (Å²) in [4.78, 5) is 12.0. The van der Waals surface area contributed by atoms with Gasteiger partial charge < -0.3 is 9.73 Å². The molecule has 1 amide bonds. The SMILES string of the molecule is O=C(NC1CCCCC1)c1nnc(-c2cccc(F)c2)o1. The molecular weight excluding hydrogens is 273 g/mol. The lowest BCUT2D eigenvalue weighted by atomic mass is 9.95. The molecule has 0 radical (unpaired) electrons. The largest absolute Gasteiger partial charge is 0.412 e. The van der Waals surface area contributed by atoms with E-state index in [0.29, 0.717) is 5.56 Å². The Kier molecular flexibility index (Phi) is 3.94. The van der Waals surface area contributed by atoms with E-state index < -0.39 is 0 Å².